The summed E-state index contributed by atoms with van der Waals surface area (Å²) in [5.41, 5.74) is -1.74. The van der Waals surface area contributed by atoms with Crippen LogP contribution in [0.4, 0.5) is 0 Å². The summed E-state index contributed by atoms with van der Waals surface area (Å²) < 4.78 is 29.8. The zero-order valence-corrected chi connectivity index (χ0v) is 33.7. The lowest BCUT2D eigenvalue weighted by Gasteiger charge is -2.69. The zero-order chi connectivity index (χ0) is 39.3. The number of hydrogen-bond acceptors (Lipinski definition) is 12. The monoisotopic (exact) mass is 752 g/mol. The maximum Gasteiger partial charge on any atom is 0.302 e. The fourth-order valence-corrected chi connectivity index (χ4v) is 13.8. The molecule has 2 unspecified atom stereocenters. The van der Waals surface area contributed by atoms with Crippen molar-refractivity contribution in [2.24, 2.45) is 50.7 Å². The molecule has 53 heavy (non-hydrogen) atoms. The molecule has 6 fully saturated rings. The lowest BCUT2D eigenvalue weighted by molar-refractivity contribution is -0.344. The van der Waals surface area contributed by atoms with E-state index in [9.17, 15) is 35.1 Å². The second-order valence-electron chi connectivity index (χ2n) is 19.7. The number of aliphatic hydroxyl groups is 5. The predicted molar refractivity (Wildman–Crippen MR) is 193 cm³/mol. The van der Waals surface area contributed by atoms with Crippen LogP contribution in [0.5, 0.6) is 0 Å². The lowest BCUT2D eigenvalue weighted by atomic mass is 9.37. The van der Waals surface area contributed by atoms with Crippen LogP contribution in [0.25, 0.3) is 0 Å². The minimum atomic E-state index is -1.57. The maximum atomic E-state index is 12.3. The van der Waals surface area contributed by atoms with Gasteiger partial charge < -0.3 is 49.2 Å². The molecule has 0 aromatic carbocycles. The van der Waals surface area contributed by atoms with Gasteiger partial charge >= 0.3 is 11.9 Å². The van der Waals surface area contributed by atoms with Gasteiger partial charge in [0.2, 0.25) is 0 Å². The summed E-state index contributed by atoms with van der Waals surface area (Å²) in [7, 11) is 1.55. The highest BCUT2D eigenvalue weighted by atomic mass is 16.7. The third-order valence-corrected chi connectivity index (χ3v) is 16.7. The van der Waals surface area contributed by atoms with Gasteiger partial charge in [-0.05, 0) is 112 Å². The van der Waals surface area contributed by atoms with Gasteiger partial charge in [-0.3, -0.25) is 9.59 Å². The fourth-order valence-electron chi connectivity index (χ4n) is 13.8. The molecular formula is C41H68O12. The quantitative estimate of drug-likeness (QED) is 0.152. The Balaban J connectivity index is 1.35. The Kier molecular flexibility index (Phi) is 10.8. The van der Waals surface area contributed by atoms with Crippen molar-refractivity contribution in [1.29, 1.82) is 0 Å². The van der Waals surface area contributed by atoms with Crippen LogP contribution >= 0.6 is 0 Å². The average Bonchev–Trinajstić information content (AvgIpc) is 3.65. The van der Waals surface area contributed by atoms with Gasteiger partial charge in [0.25, 0.3) is 0 Å². The molecular weight excluding hydrogens is 684 g/mol. The highest BCUT2D eigenvalue weighted by Gasteiger charge is 2.85. The van der Waals surface area contributed by atoms with Crippen LogP contribution < -0.4 is 0 Å². The molecule has 6 rings (SSSR count). The molecule has 0 aromatic heterocycles. The molecule has 12 heteroatoms. The zero-order valence-electron chi connectivity index (χ0n) is 33.7. The molecule has 0 radical (unpaired) electrons. The molecule has 17 atom stereocenters. The number of carbonyl (C=O) groups is 2. The first kappa shape index (κ1) is 41.3. The summed E-state index contributed by atoms with van der Waals surface area (Å²) in [6.07, 6.45) is -1.71. The molecule has 5 N–H and O–H groups in total. The largest absolute Gasteiger partial charge is 0.463 e. The van der Waals surface area contributed by atoms with E-state index in [1.54, 1.807) is 21.0 Å². The van der Waals surface area contributed by atoms with E-state index in [-0.39, 0.29) is 63.5 Å². The second kappa shape index (κ2) is 13.9. The Hall–Kier alpha value is -1.38. The Morgan fingerprint density at radius 2 is 1.57 bits per heavy atom. The molecule has 0 amide bonds. The van der Waals surface area contributed by atoms with Gasteiger partial charge in [-0.15, -0.1) is 0 Å². The molecule has 1 aliphatic heterocycles. The lowest BCUT2D eigenvalue weighted by Crippen LogP contribution is -2.68. The van der Waals surface area contributed by atoms with E-state index < -0.39 is 60.6 Å². The first-order valence-corrected chi connectivity index (χ1v) is 20.1. The number of methoxy groups -OCH3 is 1. The average molecular weight is 753 g/mol. The molecule has 1 saturated heterocycles. The third kappa shape index (κ3) is 6.23. The van der Waals surface area contributed by atoms with Crippen LogP contribution in [-0.4, -0.2) is 112 Å². The van der Waals surface area contributed by atoms with E-state index in [4.69, 9.17) is 23.7 Å². The fraction of sp³-hybridized carbons (Fsp3) is 0.951. The Labute approximate surface area is 315 Å². The van der Waals surface area contributed by atoms with E-state index in [2.05, 4.69) is 34.6 Å². The van der Waals surface area contributed by atoms with Crippen molar-refractivity contribution in [2.75, 3.05) is 13.7 Å². The van der Waals surface area contributed by atoms with Gasteiger partial charge in [0.1, 0.15) is 43.2 Å². The molecule has 0 spiro atoms. The van der Waals surface area contributed by atoms with Crippen molar-refractivity contribution in [3.05, 3.63) is 0 Å². The number of rotatable bonds is 11. The van der Waals surface area contributed by atoms with Crippen molar-refractivity contribution >= 4 is 11.9 Å². The smallest absolute Gasteiger partial charge is 0.302 e. The molecule has 304 valence electrons. The molecule has 5 aliphatic carbocycles. The van der Waals surface area contributed by atoms with Gasteiger partial charge in [0, 0.05) is 31.8 Å². The van der Waals surface area contributed by atoms with Gasteiger partial charge in [-0.25, -0.2) is 0 Å². The minimum Gasteiger partial charge on any atom is -0.463 e. The van der Waals surface area contributed by atoms with Crippen molar-refractivity contribution in [3.63, 3.8) is 0 Å². The summed E-state index contributed by atoms with van der Waals surface area (Å²) in [6, 6.07) is 0. The Bertz CT molecular complexity index is 1390. The van der Waals surface area contributed by atoms with Crippen LogP contribution in [0.15, 0.2) is 0 Å². The van der Waals surface area contributed by atoms with E-state index in [0.717, 1.165) is 44.9 Å². The first-order chi connectivity index (χ1) is 24.5. The van der Waals surface area contributed by atoms with E-state index in [1.165, 1.54) is 13.8 Å². The van der Waals surface area contributed by atoms with Crippen molar-refractivity contribution < 1.29 is 58.8 Å². The van der Waals surface area contributed by atoms with E-state index >= 15 is 0 Å². The predicted octanol–water partition coefficient (Wildman–Crippen LogP) is 3.90. The molecule has 6 aliphatic rings. The van der Waals surface area contributed by atoms with Gasteiger partial charge in [-0.1, -0.05) is 34.6 Å². The summed E-state index contributed by atoms with van der Waals surface area (Å²) in [4.78, 5) is 23.9. The maximum absolute atomic E-state index is 12.3. The summed E-state index contributed by atoms with van der Waals surface area (Å²) >= 11 is 0. The van der Waals surface area contributed by atoms with Gasteiger partial charge in [-0.2, -0.15) is 0 Å². The number of fused-ring (bicyclic) bond motifs is 3. The second-order valence-corrected chi connectivity index (χ2v) is 19.7. The van der Waals surface area contributed by atoms with E-state index in [1.807, 2.05) is 0 Å². The number of carbonyl (C=O) groups excluding carboxylic acids is 2. The van der Waals surface area contributed by atoms with E-state index in [0.29, 0.717) is 18.8 Å². The molecule has 0 bridgehead atoms. The Morgan fingerprint density at radius 1 is 0.887 bits per heavy atom. The summed E-state index contributed by atoms with van der Waals surface area (Å²) in [6.45, 7) is 17.4. The van der Waals surface area contributed by atoms with Gasteiger partial charge in [0.15, 0.2) is 6.29 Å². The normalized spacial score (nSPS) is 47.5. The summed E-state index contributed by atoms with van der Waals surface area (Å²) in [5, 5.41) is 55.3. The van der Waals surface area contributed by atoms with Gasteiger partial charge in [0.05, 0.1) is 17.8 Å². The Morgan fingerprint density at radius 3 is 2.19 bits per heavy atom. The first-order valence-electron chi connectivity index (χ1n) is 20.1. The number of esters is 2. The topological polar surface area (TPSA) is 181 Å². The van der Waals surface area contributed by atoms with Crippen LogP contribution in [0, 0.1) is 50.7 Å². The number of hydrogen-bond donors (Lipinski definition) is 5. The van der Waals surface area contributed by atoms with Crippen LogP contribution in [0.1, 0.15) is 120 Å². The van der Waals surface area contributed by atoms with Crippen LogP contribution in [0.2, 0.25) is 0 Å². The van der Waals surface area contributed by atoms with Crippen molar-refractivity contribution in [1.82, 2.24) is 0 Å². The SMILES string of the molecule is COC(C)(C)C(O)C(O)C[C@@H](C)[C@@H]1CC[C@]23C[C@@]12CC[C@@H]1[C@@]2(C)CC[C@@H](OC(C)=O)C(C)(C)[C@@H]2C[C@@H](O[C@@H]2O[C@H](COC(C)=O)[C@@H](O)[C@H](O)[C@H]2O)[C@]13C. The van der Waals surface area contributed by atoms with Crippen molar-refractivity contribution in [2.45, 2.75) is 181 Å². The standard InChI is InChI=1S/C41H68O12/c1-21(17-25(44)34(48)37(6,7)49-10)24-11-16-41-20-40(24,41)15-12-27-38(8)14-13-29(51-23(3)43)36(4,5)28(38)18-30(39(27,41)9)53-35-33(47)32(46)31(45)26(52-35)19-50-22(2)42/h21,24-35,44-48H,11-20H2,1-10H3/t21-,24+,25?,26-,27-,28+,29-,30-,31-,32+,33-,34?,35+,38-,39+,40+,41-/m1/s1. The number of aliphatic hydroxyl groups excluding tert-OH is 5. The van der Waals surface area contributed by atoms with Crippen LogP contribution in [0.3, 0.4) is 0 Å². The van der Waals surface area contributed by atoms with Crippen molar-refractivity contribution in [3.8, 4) is 0 Å². The summed E-state index contributed by atoms with van der Waals surface area (Å²) in [5.74, 6) is -0.00419. The molecule has 5 saturated carbocycles. The molecule has 0 aromatic rings. The minimum absolute atomic E-state index is 0.0357. The highest BCUT2D eigenvalue weighted by molar-refractivity contribution is 5.66. The highest BCUT2D eigenvalue weighted by Crippen LogP contribution is 2.91. The number of ether oxygens (including phenoxy) is 5. The third-order valence-electron chi connectivity index (χ3n) is 16.7. The van der Waals surface area contributed by atoms with Crippen LogP contribution in [-0.2, 0) is 33.3 Å². The molecule has 1 heterocycles. The molecule has 12 nitrogen and oxygen atoms in total.